The second kappa shape index (κ2) is 8.72. The summed E-state index contributed by atoms with van der Waals surface area (Å²) in [5.74, 6) is 0.779. The molecule has 1 aromatic carbocycles. The fraction of sp³-hybridized carbons (Fsp3) is 0.368. The minimum absolute atomic E-state index is 0.409. The summed E-state index contributed by atoms with van der Waals surface area (Å²) < 4.78 is 10.8. The zero-order valence-corrected chi connectivity index (χ0v) is 15.5. The van der Waals surface area contributed by atoms with E-state index in [1.54, 1.807) is 6.20 Å². The van der Waals surface area contributed by atoms with Crippen LogP contribution < -0.4 is 10.1 Å². The Morgan fingerprint density at radius 1 is 1.16 bits per heavy atom. The maximum Gasteiger partial charge on any atom is 0.407 e. The predicted octanol–water partition coefficient (Wildman–Crippen LogP) is 4.70. The van der Waals surface area contributed by atoms with Crippen molar-refractivity contribution < 1.29 is 14.3 Å². The van der Waals surface area contributed by atoms with Crippen molar-refractivity contribution in [3.63, 3.8) is 0 Å². The van der Waals surface area contributed by atoms with Crippen LogP contribution in [-0.4, -0.2) is 29.8 Å². The molecule has 0 unspecified atom stereocenters. The zero-order chi connectivity index (χ0) is 18.3. The normalized spacial score (nSPS) is 11.0. The average molecular weight is 363 g/mol. The lowest BCUT2D eigenvalue weighted by molar-refractivity contribution is 0.0525. The molecule has 6 heteroatoms. The van der Waals surface area contributed by atoms with E-state index >= 15 is 0 Å². The maximum atomic E-state index is 11.5. The van der Waals surface area contributed by atoms with Gasteiger partial charge in [0.2, 0.25) is 0 Å². The number of carbonyl (C=O) groups is 1. The first kappa shape index (κ1) is 19.1. The third kappa shape index (κ3) is 7.01. The van der Waals surface area contributed by atoms with Gasteiger partial charge in [-0.1, -0.05) is 23.7 Å². The lowest BCUT2D eigenvalue weighted by Crippen LogP contribution is -2.33. The van der Waals surface area contributed by atoms with Crippen molar-refractivity contribution in [2.45, 2.75) is 32.8 Å². The van der Waals surface area contributed by atoms with Gasteiger partial charge in [-0.3, -0.25) is 0 Å². The first-order valence-corrected chi connectivity index (χ1v) is 8.53. The Kier molecular flexibility index (Phi) is 6.65. The zero-order valence-electron chi connectivity index (χ0n) is 14.7. The Bertz CT molecular complexity index is 697. The molecule has 1 heterocycles. The molecule has 0 aliphatic carbocycles. The topological polar surface area (TPSA) is 60.5 Å². The quantitative estimate of drug-likeness (QED) is 0.598. The number of nitrogens with zero attached hydrogens (tertiary/aromatic N) is 1. The van der Waals surface area contributed by atoms with Gasteiger partial charge in [0.15, 0.2) is 0 Å². The summed E-state index contributed by atoms with van der Waals surface area (Å²) in [5.41, 5.74) is 1.57. The number of hydrogen-bond acceptors (Lipinski definition) is 4. The van der Waals surface area contributed by atoms with Crippen molar-refractivity contribution in [3.8, 4) is 16.9 Å². The second-order valence-electron chi connectivity index (χ2n) is 6.52. The van der Waals surface area contributed by atoms with E-state index in [0.717, 1.165) is 16.9 Å². The number of halogens is 1. The Labute approximate surface area is 153 Å². The summed E-state index contributed by atoms with van der Waals surface area (Å²) in [6.07, 6.45) is 1.97. The fourth-order valence-corrected chi connectivity index (χ4v) is 2.27. The van der Waals surface area contributed by atoms with Crippen molar-refractivity contribution in [2.24, 2.45) is 0 Å². The van der Waals surface area contributed by atoms with Gasteiger partial charge in [0.1, 0.15) is 16.5 Å². The van der Waals surface area contributed by atoms with Crippen LogP contribution in [0.3, 0.4) is 0 Å². The number of pyridine rings is 1. The highest BCUT2D eigenvalue weighted by Crippen LogP contribution is 2.23. The van der Waals surface area contributed by atoms with Crippen molar-refractivity contribution in [2.75, 3.05) is 13.2 Å². The summed E-state index contributed by atoms with van der Waals surface area (Å²) >= 11 is 5.91. The van der Waals surface area contributed by atoms with Crippen molar-refractivity contribution in [1.29, 1.82) is 0 Å². The number of hydrogen-bond donors (Lipinski definition) is 1. The molecule has 1 amide bonds. The molecule has 0 aliphatic heterocycles. The van der Waals surface area contributed by atoms with E-state index in [1.165, 1.54) is 0 Å². The summed E-state index contributed by atoms with van der Waals surface area (Å²) in [5, 5.41) is 3.17. The first-order chi connectivity index (χ1) is 11.8. The van der Waals surface area contributed by atoms with Crippen LogP contribution in [0.15, 0.2) is 42.6 Å². The molecule has 134 valence electrons. The van der Waals surface area contributed by atoms with Crippen LogP contribution in [0.25, 0.3) is 11.1 Å². The van der Waals surface area contributed by atoms with Gasteiger partial charge in [-0.25, -0.2) is 9.78 Å². The van der Waals surface area contributed by atoms with Gasteiger partial charge in [-0.05, 0) is 62.6 Å². The number of alkyl carbamates (subject to hydrolysis) is 1. The van der Waals surface area contributed by atoms with Crippen LogP contribution in [0.5, 0.6) is 5.75 Å². The van der Waals surface area contributed by atoms with Gasteiger partial charge in [0.25, 0.3) is 0 Å². The highest BCUT2D eigenvalue weighted by atomic mass is 35.5. The van der Waals surface area contributed by atoms with E-state index in [4.69, 9.17) is 21.1 Å². The van der Waals surface area contributed by atoms with Crippen LogP contribution >= 0.6 is 11.6 Å². The van der Waals surface area contributed by atoms with E-state index in [9.17, 15) is 4.79 Å². The highest BCUT2D eigenvalue weighted by Gasteiger charge is 2.15. The highest BCUT2D eigenvalue weighted by molar-refractivity contribution is 6.29. The van der Waals surface area contributed by atoms with Crippen molar-refractivity contribution in [3.05, 3.63) is 47.7 Å². The minimum atomic E-state index is -0.485. The summed E-state index contributed by atoms with van der Waals surface area (Å²) in [4.78, 5) is 15.5. The Hall–Kier alpha value is -2.27. The average Bonchev–Trinajstić information content (AvgIpc) is 2.53. The molecule has 0 saturated heterocycles. The number of carbonyl (C=O) groups excluding carboxylic acids is 1. The largest absolute Gasteiger partial charge is 0.494 e. The lowest BCUT2D eigenvalue weighted by Gasteiger charge is -2.19. The number of rotatable bonds is 6. The number of benzene rings is 1. The molecule has 5 nitrogen and oxygen atoms in total. The van der Waals surface area contributed by atoms with E-state index < -0.39 is 11.7 Å². The van der Waals surface area contributed by atoms with Crippen molar-refractivity contribution >= 4 is 17.7 Å². The van der Waals surface area contributed by atoms with Crippen LogP contribution in [-0.2, 0) is 4.74 Å². The Morgan fingerprint density at radius 3 is 2.52 bits per heavy atom. The molecule has 2 aromatic rings. The van der Waals surface area contributed by atoms with Crippen LogP contribution in [0.1, 0.15) is 27.2 Å². The molecular weight excluding hydrogens is 340 g/mol. The SMILES string of the molecule is CC(C)(C)OC(=O)NCCCOc1ccc(-c2ccnc(Cl)c2)cc1. The van der Waals surface area contributed by atoms with Gasteiger partial charge in [0.05, 0.1) is 6.61 Å². The van der Waals surface area contributed by atoms with Gasteiger partial charge >= 0.3 is 6.09 Å². The lowest BCUT2D eigenvalue weighted by atomic mass is 10.1. The van der Waals surface area contributed by atoms with E-state index in [1.807, 2.05) is 57.2 Å². The summed E-state index contributed by atoms with van der Waals surface area (Å²) in [6.45, 7) is 6.51. The minimum Gasteiger partial charge on any atom is -0.494 e. The van der Waals surface area contributed by atoms with E-state index in [0.29, 0.717) is 24.7 Å². The monoisotopic (exact) mass is 362 g/mol. The summed E-state index contributed by atoms with van der Waals surface area (Å²) in [7, 11) is 0. The van der Waals surface area contributed by atoms with Gasteiger partial charge in [-0.15, -0.1) is 0 Å². The molecular formula is C19H23ClN2O3. The van der Waals surface area contributed by atoms with Crippen LogP contribution in [0.2, 0.25) is 5.15 Å². The van der Waals surface area contributed by atoms with Gasteiger partial charge in [-0.2, -0.15) is 0 Å². The molecule has 0 atom stereocenters. The second-order valence-corrected chi connectivity index (χ2v) is 6.91. The van der Waals surface area contributed by atoms with Crippen LogP contribution in [0.4, 0.5) is 4.79 Å². The molecule has 0 saturated carbocycles. The molecule has 0 aliphatic rings. The van der Waals surface area contributed by atoms with Crippen LogP contribution in [0, 0.1) is 0 Å². The van der Waals surface area contributed by atoms with Gasteiger partial charge in [0, 0.05) is 12.7 Å². The fourth-order valence-electron chi connectivity index (χ4n) is 2.09. The Morgan fingerprint density at radius 2 is 1.88 bits per heavy atom. The smallest absolute Gasteiger partial charge is 0.407 e. The summed E-state index contributed by atoms with van der Waals surface area (Å²) in [6, 6.07) is 11.5. The third-order valence-electron chi connectivity index (χ3n) is 3.17. The number of nitrogens with one attached hydrogen (secondary N) is 1. The molecule has 1 aromatic heterocycles. The molecule has 0 bridgehead atoms. The molecule has 0 radical (unpaired) electrons. The Balaban J connectivity index is 1.72. The maximum absolute atomic E-state index is 11.5. The third-order valence-corrected chi connectivity index (χ3v) is 3.38. The van der Waals surface area contributed by atoms with E-state index in [2.05, 4.69) is 10.3 Å². The molecule has 0 spiro atoms. The van der Waals surface area contributed by atoms with E-state index in [-0.39, 0.29) is 0 Å². The predicted molar refractivity (Wildman–Crippen MR) is 99.0 cm³/mol. The molecule has 2 rings (SSSR count). The first-order valence-electron chi connectivity index (χ1n) is 8.15. The van der Waals surface area contributed by atoms with Crippen molar-refractivity contribution in [1.82, 2.24) is 10.3 Å². The van der Waals surface area contributed by atoms with Gasteiger partial charge < -0.3 is 14.8 Å². The molecule has 25 heavy (non-hydrogen) atoms. The number of aromatic nitrogens is 1. The molecule has 0 fully saturated rings. The number of amides is 1. The number of ether oxygens (including phenoxy) is 2. The molecule has 1 N–H and O–H groups in total. The standard InChI is InChI=1S/C19H23ClN2O3/c1-19(2,3)25-18(23)22-10-4-12-24-16-7-5-14(6-8-16)15-9-11-21-17(20)13-15/h5-9,11,13H,4,10,12H2,1-3H3,(H,22,23).